The number of urea groups is 1. The standard InChI is InChI=1S/C26H27BrF2N4O3/c1-17-31-24(36-16-20-9-10-21(28)13-22(20)29)23(27)25(34)33(17)15-19-7-5-18(6-8-19)14-30-26(35)32-11-3-2-4-12-32/h5-10,13H,2-4,11-12,14-16H2,1H3,(H,30,35). The van der Waals surface area contributed by atoms with E-state index in [0.717, 1.165) is 49.2 Å². The van der Waals surface area contributed by atoms with Crippen molar-refractivity contribution >= 4 is 22.0 Å². The molecule has 1 saturated heterocycles. The Balaban J connectivity index is 1.38. The number of nitrogens with zero attached hydrogens (tertiary/aromatic N) is 3. The number of piperidine rings is 1. The lowest BCUT2D eigenvalue weighted by molar-refractivity contribution is 0.186. The number of aryl methyl sites for hydroxylation is 1. The third-order valence-electron chi connectivity index (χ3n) is 6.10. The highest BCUT2D eigenvalue weighted by atomic mass is 79.9. The zero-order valence-electron chi connectivity index (χ0n) is 19.9. The minimum absolute atomic E-state index is 0.0391. The van der Waals surface area contributed by atoms with Crippen molar-refractivity contribution in [3.63, 3.8) is 0 Å². The molecule has 2 heterocycles. The molecule has 2 amide bonds. The Hall–Kier alpha value is -3.27. The first-order valence-corrected chi connectivity index (χ1v) is 12.6. The van der Waals surface area contributed by atoms with Gasteiger partial charge in [-0.15, -0.1) is 0 Å². The highest BCUT2D eigenvalue weighted by Crippen LogP contribution is 2.21. The fourth-order valence-corrected chi connectivity index (χ4v) is 4.43. The second-order valence-corrected chi connectivity index (χ2v) is 9.51. The topological polar surface area (TPSA) is 76.5 Å². The molecule has 4 rings (SSSR count). The van der Waals surface area contributed by atoms with Crippen LogP contribution in [0.4, 0.5) is 13.6 Å². The molecule has 1 aromatic heterocycles. The van der Waals surface area contributed by atoms with Crippen LogP contribution >= 0.6 is 15.9 Å². The summed E-state index contributed by atoms with van der Waals surface area (Å²) in [5, 5.41) is 2.96. The van der Waals surface area contributed by atoms with Gasteiger partial charge in [0.15, 0.2) is 0 Å². The van der Waals surface area contributed by atoms with Crippen LogP contribution in [0.5, 0.6) is 5.88 Å². The van der Waals surface area contributed by atoms with E-state index in [1.807, 2.05) is 29.2 Å². The Morgan fingerprint density at radius 3 is 2.47 bits per heavy atom. The first-order valence-electron chi connectivity index (χ1n) is 11.8. The van der Waals surface area contributed by atoms with Crippen LogP contribution in [0.1, 0.15) is 41.8 Å². The first kappa shape index (κ1) is 25.8. The van der Waals surface area contributed by atoms with Gasteiger partial charge < -0.3 is 15.0 Å². The molecule has 10 heteroatoms. The average molecular weight is 561 g/mol. The molecule has 0 bridgehead atoms. The highest BCUT2D eigenvalue weighted by Gasteiger charge is 2.17. The van der Waals surface area contributed by atoms with Gasteiger partial charge in [-0.25, -0.2) is 13.6 Å². The molecule has 190 valence electrons. The van der Waals surface area contributed by atoms with Gasteiger partial charge in [0.05, 0.1) is 6.54 Å². The van der Waals surface area contributed by atoms with E-state index in [-0.39, 0.29) is 34.1 Å². The molecule has 0 atom stereocenters. The van der Waals surface area contributed by atoms with Crippen molar-refractivity contribution in [3.8, 4) is 5.88 Å². The zero-order valence-corrected chi connectivity index (χ0v) is 21.5. The maximum absolute atomic E-state index is 13.9. The van der Waals surface area contributed by atoms with E-state index in [1.54, 1.807) is 6.92 Å². The lowest BCUT2D eigenvalue weighted by Crippen LogP contribution is -2.42. The van der Waals surface area contributed by atoms with Crippen molar-refractivity contribution in [3.05, 3.63) is 91.4 Å². The monoisotopic (exact) mass is 560 g/mol. The molecule has 0 aliphatic carbocycles. The summed E-state index contributed by atoms with van der Waals surface area (Å²) in [4.78, 5) is 31.4. The van der Waals surface area contributed by atoms with Gasteiger partial charge in [-0.05, 0) is 65.4 Å². The van der Waals surface area contributed by atoms with Crippen LogP contribution in [-0.2, 0) is 19.7 Å². The minimum Gasteiger partial charge on any atom is -0.472 e. The number of carbonyl (C=O) groups excluding carboxylic acids is 1. The fraction of sp³-hybridized carbons (Fsp3) is 0.346. The van der Waals surface area contributed by atoms with Crippen LogP contribution in [0.15, 0.2) is 51.7 Å². The van der Waals surface area contributed by atoms with Gasteiger partial charge >= 0.3 is 6.03 Å². The normalized spacial score (nSPS) is 13.5. The fourth-order valence-electron chi connectivity index (χ4n) is 4.01. The number of amides is 2. The molecule has 0 unspecified atom stereocenters. The quantitative estimate of drug-likeness (QED) is 0.445. The SMILES string of the molecule is Cc1nc(OCc2ccc(F)cc2F)c(Br)c(=O)n1Cc1ccc(CNC(=O)N2CCCCC2)cc1. The highest BCUT2D eigenvalue weighted by molar-refractivity contribution is 9.10. The third-order valence-corrected chi connectivity index (χ3v) is 6.78. The molecule has 1 aliphatic rings. The molecule has 0 radical (unpaired) electrons. The summed E-state index contributed by atoms with van der Waals surface area (Å²) in [7, 11) is 0. The van der Waals surface area contributed by atoms with Gasteiger partial charge in [-0.2, -0.15) is 4.98 Å². The summed E-state index contributed by atoms with van der Waals surface area (Å²) in [6, 6.07) is 10.8. The van der Waals surface area contributed by atoms with Gasteiger partial charge in [-0.3, -0.25) is 9.36 Å². The van der Waals surface area contributed by atoms with Crippen LogP contribution in [0.25, 0.3) is 0 Å². The number of likely N-dealkylation sites (tertiary alicyclic amines) is 1. The molecule has 1 N–H and O–H groups in total. The summed E-state index contributed by atoms with van der Waals surface area (Å²) in [5.74, 6) is -0.942. The number of hydrogen-bond acceptors (Lipinski definition) is 4. The van der Waals surface area contributed by atoms with Crippen molar-refractivity contribution in [1.29, 1.82) is 0 Å². The maximum atomic E-state index is 13.9. The largest absolute Gasteiger partial charge is 0.472 e. The molecular weight excluding hydrogens is 534 g/mol. The predicted octanol–water partition coefficient (Wildman–Crippen LogP) is 4.92. The number of hydrogen-bond donors (Lipinski definition) is 1. The van der Waals surface area contributed by atoms with E-state index in [1.165, 1.54) is 17.1 Å². The molecule has 3 aromatic rings. The van der Waals surface area contributed by atoms with E-state index < -0.39 is 11.6 Å². The van der Waals surface area contributed by atoms with Crippen LogP contribution < -0.4 is 15.6 Å². The number of halogens is 3. The number of aromatic nitrogens is 2. The molecule has 7 nitrogen and oxygen atoms in total. The van der Waals surface area contributed by atoms with Crippen molar-refractivity contribution in [1.82, 2.24) is 19.8 Å². The lowest BCUT2D eigenvalue weighted by Gasteiger charge is -2.26. The van der Waals surface area contributed by atoms with Gasteiger partial charge in [0.1, 0.15) is 28.5 Å². The average Bonchev–Trinajstić information content (AvgIpc) is 2.88. The Labute approximate surface area is 216 Å². The molecular formula is C26H27BrF2N4O3. The van der Waals surface area contributed by atoms with Crippen molar-refractivity contribution < 1.29 is 18.3 Å². The van der Waals surface area contributed by atoms with Gasteiger partial charge in [0, 0.05) is 31.3 Å². The summed E-state index contributed by atoms with van der Waals surface area (Å²) in [5.41, 5.74) is 1.67. The maximum Gasteiger partial charge on any atom is 0.317 e. The Morgan fingerprint density at radius 1 is 1.08 bits per heavy atom. The summed E-state index contributed by atoms with van der Waals surface area (Å²) in [6.45, 7) is 3.82. The van der Waals surface area contributed by atoms with Gasteiger partial charge in [-0.1, -0.05) is 24.3 Å². The smallest absolute Gasteiger partial charge is 0.317 e. The Morgan fingerprint density at radius 2 is 1.78 bits per heavy atom. The third kappa shape index (κ3) is 6.29. The van der Waals surface area contributed by atoms with Gasteiger partial charge in [0.2, 0.25) is 5.88 Å². The van der Waals surface area contributed by atoms with Crippen molar-refractivity contribution in [2.45, 2.75) is 45.9 Å². The second kappa shape index (κ2) is 11.6. The van der Waals surface area contributed by atoms with E-state index >= 15 is 0 Å². The Bertz CT molecular complexity index is 1290. The van der Waals surface area contributed by atoms with E-state index in [9.17, 15) is 18.4 Å². The number of carbonyl (C=O) groups is 1. The van der Waals surface area contributed by atoms with Gasteiger partial charge in [0.25, 0.3) is 5.56 Å². The molecule has 1 fully saturated rings. The lowest BCUT2D eigenvalue weighted by atomic mass is 10.1. The summed E-state index contributed by atoms with van der Waals surface area (Å²) < 4.78 is 34.1. The minimum atomic E-state index is -0.731. The van der Waals surface area contributed by atoms with Crippen molar-refractivity contribution in [2.75, 3.05) is 13.1 Å². The summed E-state index contributed by atoms with van der Waals surface area (Å²) in [6.07, 6.45) is 3.27. The molecule has 0 spiro atoms. The first-order chi connectivity index (χ1) is 17.3. The van der Waals surface area contributed by atoms with E-state index in [0.29, 0.717) is 18.9 Å². The number of rotatable bonds is 7. The Kier molecular flexibility index (Phi) is 8.35. The number of ether oxygens (including phenoxy) is 1. The zero-order chi connectivity index (χ0) is 25.7. The molecule has 2 aromatic carbocycles. The predicted molar refractivity (Wildman–Crippen MR) is 135 cm³/mol. The summed E-state index contributed by atoms with van der Waals surface area (Å²) >= 11 is 3.24. The van der Waals surface area contributed by atoms with E-state index in [2.05, 4.69) is 26.2 Å². The molecule has 36 heavy (non-hydrogen) atoms. The van der Waals surface area contributed by atoms with Crippen LogP contribution in [0, 0.1) is 18.6 Å². The molecule has 0 saturated carbocycles. The van der Waals surface area contributed by atoms with Crippen molar-refractivity contribution in [2.24, 2.45) is 0 Å². The van der Waals surface area contributed by atoms with E-state index in [4.69, 9.17) is 4.74 Å². The van der Waals surface area contributed by atoms with Crippen LogP contribution in [0.3, 0.4) is 0 Å². The van der Waals surface area contributed by atoms with Crippen LogP contribution in [-0.4, -0.2) is 33.6 Å². The second-order valence-electron chi connectivity index (χ2n) is 8.72. The molecule has 1 aliphatic heterocycles. The van der Waals surface area contributed by atoms with Crippen LogP contribution in [0.2, 0.25) is 0 Å². The number of nitrogens with one attached hydrogen (secondary N) is 1. The number of benzene rings is 2.